The van der Waals surface area contributed by atoms with Gasteiger partial charge < -0.3 is 16.8 Å². The highest BCUT2D eigenvalue weighted by Crippen LogP contribution is 1.95. The maximum atomic E-state index is 11.1. The molecule has 0 rings (SSSR count). The lowest BCUT2D eigenvalue weighted by Crippen LogP contribution is -2.39. The lowest BCUT2D eigenvalue weighted by molar-refractivity contribution is -0.121. The van der Waals surface area contributed by atoms with Crippen molar-refractivity contribution in [2.75, 3.05) is 6.54 Å². The summed E-state index contributed by atoms with van der Waals surface area (Å²) in [5.74, 6) is -0.0114. The zero-order valence-electron chi connectivity index (χ0n) is 9.21. The topological polar surface area (TPSA) is 93.5 Å². The van der Waals surface area contributed by atoms with E-state index in [1.54, 1.807) is 13.8 Å². The molecule has 1 amide bonds. The van der Waals surface area contributed by atoms with Crippen LogP contribution in [0.25, 0.3) is 0 Å². The lowest BCUT2D eigenvalue weighted by Gasteiger charge is -2.09. The first-order valence-corrected chi connectivity index (χ1v) is 4.55. The average molecular weight is 210 g/mol. The van der Waals surface area contributed by atoms with E-state index in [1.807, 2.05) is 0 Å². The van der Waals surface area contributed by atoms with E-state index in [-0.39, 0.29) is 11.7 Å². The minimum atomic E-state index is -0.528. The van der Waals surface area contributed by atoms with E-state index in [4.69, 9.17) is 11.5 Å². The smallest absolute Gasteiger partial charge is 0.236 e. The maximum Gasteiger partial charge on any atom is 0.236 e. The molecule has 15 heavy (non-hydrogen) atoms. The van der Waals surface area contributed by atoms with E-state index in [2.05, 4.69) is 23.5 Å². The van der Waals surface area contributed by atoms with Crippen LogP contribution in [-0.2, 0) is 4.79 Å². The van der Waals surface area contributed by atoms with Gasteiger partial charge in [-0.2, -0.15) is 0 Å². The highest BCUT2D eigenvalue weighted by molar-refractivity contribution is 5.99. The Morgan fingerprint density at radius 1 is 1.53 bits per heavy atom. The predicted octanol–water partition coefficient (Wildman–Crippen LogP) is -0.103. The van der Waals surface area contributed by atoms with Gasteiger partial charge in [0.15, 0.2) is 0 Å². The molecule has 0 saturated carbocycles. The fourth-order valence-corrected chi connectivity index (χ4v) is 0.777. The second-order valence-corrected chi connectivity index (χ2v) is 3.30. The Hall–Kier alpha value is -1.62. The van der Waals surface area contributed by atoms with Gasteiger partial charge in [-0.05, 0) is 19.4 Å². The summed E-state index contributed by atoms with van der Waals surface area (Å²) in [4.78, 5) is 15.1. The zero-order valence-corrected chi connectivity index (χ0v) is 9.21. The summed E-state index contributed by atoms with van der Waals surface area (Å²) in [5, 5.41) is 2.62. The number of nitrogens with one attached hydrogen (secondary N) is 1. The van der Waals surface area contributed by atoms with Crippen molar-refractivity contribution in [2.45, 2.75) is 19.9 Å². The second-order valence-electron chi connectivity index (χ2n) is 3.30. The summed E-state index contributed by atoms with van der Waals surface area (Å²) in [5.41, 5.74) is 12.0. The molecule has 0 aliphatic carbocycles. The van der Waals surface area contributed by atoms with Crippen molar-refractivity contribution in [1.29, 1.82) is 0 Å². The van der Waals surface area contributed by atoms with Crippen molar-refractivity contribution in [3.8, 4) is 0 Å². The first-order valence-electron chi connectivity index (χ1n) is 4.55. The minimum Gasteiger partial charge on any atom is -0.384 e. The third-order valence-electron chi connectivity index (χ3n) is 1.71. The van der Waals surface area contributed by atoms with Gasteiger partial charge >= 0.3 is 0 Å². The summed E-state index contributed by atoms with van der Waals surface area (Å²) in [6.07, 6.45) is 0. The first kappa shape index (κ1) is 13.4. The Bertz CT molecular complexity index is 305. The number of carbonyl (C=O) groups excluding carboxylic acids is 1. The van der Waals surface area contributed by atoms with Gasteiger partial charge in [-0.15, -0.1) is 0 Å². The van der Waals surface area contributed by atoms with Crippen LogP contribution < -0.4 is 16.8 Å². The highest BCUT2D eigenvalue weighted by atomic mass is 16.2. The predicted molar refractivity (Wildman–Crippen MR) is 62.2 cm³/mol. The third kappa shape index (κ3) is 5.64. The van der Waals surface area contributed by atoms with Crippen LogP contribution in [0.4, 0.5) is 0 Å². The maximum absolute atomic E-state index is 11.1. The first-order chi connectivity index (χ1) is 6.84. The van der Waals surface area contributed by atoms with Gasteiger partial charge in [-0.1, -0.05) is 13.2 Å². The molecular weight excluding hydrogens is 192 g/mol. The molecule has 0 aromatic heterocycles. The van der Waals surface area contributed by atoms with E-state index in [0.717, 1.165) is 0 Å². The van der Waals surface area contributed by atoms with E-state index in [0.29, 0.717) is 17.8 Å². The van der Waals surface area contributed by atoms with Crippen molar-refractivity contribution in [3.63, 3.8) is 0 Å². The highest BCUT2D eigenvalue weighted by Gasteiger charge is 2.07. The standard InChI is InChI=1S/C10H18N4O/c1-6(8(3)14-9(4)12)5-13-10(15)7(2)11/h7H,1,4-5,11-12H2,2-3H3,(H,13,15)/b14-8-/t7-/m0/s1. The molecule has 0 aliphatic rings. The molecule has 0 unspecified atom stereocenters. The van der Waals surface area contributed by atoms with Gasteiger partial charge in [0.1, 0.15) is 5.82 Å². The third-order valence-corrected chi connectivity index (χ3v) is 1.71. The second kappa shape index (κ2) is 5.98. The van der Waals surface area contributed by atoms with Gasteiger partial charge in [-0.25, -0.2) is 4.99 Å². The summed E-state index contributed by atoms with van der Waals surface area (Å²) < 4.78 is 0. The summed E-state index contributed by atoms with van der Waals surface area (Å²) in [6.45, 7) is 10.9. The minimum absolute atomic E-state index is 0.215. The number of nitrogens with zero attached hydrogens (tertiary/aromatic N) is 1. The number of aliphatic imine (C=N–C) groups is 1. The number of amides is 1. The fourth-order valence-electron chi connectivity index (χ4n) is 0.777. The van der Waals surface area contributed by atoms with E-state index in [1.165, 1.54) is 0 Å². The molecule has 0 aromatic rings. The molecule has 0 spiro atoms. The molecule has 0 heterocycles. The average Bonchev–Trinajstić information content (AvgIpc) is 2.12. The van der Waals surface area contributed by atoms with Crippen molar-refractivity contribution < 1.29 is 4.79 Å². The number of carbonyl (C=O) groups is 1. The Kier molecular flexibility index (Phi) is 5.33. The molecule has 0 fully saturated rings. The van der Waals surface area contributed by atoms with Crippen LogP contribution in [0.3, 0.4) is 0 Å². The fraction of sp³-hybridized carbons (Fsp3) is 0.400. The molecule has 0 bridgehead atoms. The Balaban J connectivity index is 4.16. The normalized spacial score (nSPS) is 13.1. The zero-order chi connectivity index (χ0) is 12.0. The van der Waals surface area contributed by atoms with Crippen LogP contribution in [-0.4, -0.2) is 24.2 Å². The van der Waals surface area contributed by atoms with Crippen LogP contribution in [0.1, 0.15) is 13.8 Å². The summed E-state index contributed by atoms with van der Waals surface area (Å²) in [6, 6.07) is -0.528. The van der Waals surface area contributed by atoms with Gasteiger partial charge in [0.2, 0.25) is 5.91 Å². The van der Waals surface area contributed by atoms with Crippen LogP contribution in [0, 0.1) is 0 Å². The quantitative estimate of drug-likeness (QED) is 0.553. The van der Waals surface area contributed by atoms with Crippen molar-refractivity contribution in [2.24, 2.45) is 16.5 Å². The molecule has 84 valence electrons. The molecule has 0 aromatic carbocycles. The molecule has 0 radical (unpaired) electrons. The molecular formula is C10H18N4O. The molecule has 0 aliphatic heterocycles. The SMILES string of the molecule is C=C(N)/N=C(/C)C(=C)CNC(=O)[C@H](C)N. The van der Waals surface area contributed by atoms with E-state index >= 15 is 0 Å². The van der Waals surface area contributed by atoms with Crippen molar-refractivity contribution >= 4 is 11.6 Å². The van der Waals surface area contributed by atoms with Gasteiger partial charge in [0, 0.05) is 12.3 Å². The number of hydrogen-bond donors (Lipinski definition) is 3. The molecule has 5 nitrogen and oxygen atoms in total. The van der Waals surface area contributed by atoms with Gasteiger partial charge in [-0.3, -0.25) is 4.79 Å². The summed E-state index contributed by atoms with van der Waals surface area (Å²) >= 11 is 0. The van der Waals surface area contributed by atoms with Gasteiger partial charge in [0.25, 0.3) is 0 Å². The molecule has 1 atom stereocenters. The Labute approximate surface area is 89.9 Å². The van der Waals surface area contributed by atoms with E-state index in [9.17, 15) is 4.79 Å². The molecule has 0 saturated heterocycles. The number of nitrogens with two attached hydrogens (primary N) is 2. The lowest BCUT2D eigenvalue weighted by atomic mass is 10.2. The van der Waals surface area contributed by atoms with Crippen LogP contribution in [0.2, 0.25) is 0 Å². The van der Waals surface area contributed by atoms with Crippen molar-refractivity contribution in [3.05, 3.63) is 24.6 Å². The Morgan fingerprint density at radius 2 is 2.07 bits per heavy atom. The van der Waals surface area contributed by atoms with Crippen LogP contribution >= 0.6 is 0 Å². The summed E-state index contributed by atoms with van der Waals surface area (Å²) in [7, 11) is 0. The van der Waals surface area contributed by atoms with Gasteiger partial charge in [0.05, 0.1) is 6.04 Å². The van der Waals surface area contributed by atoms with Crippen LogP contribution in [0.15, 0.2) is 29.5 Å². The molecule has 5 heteroatoms. The number of rotatable bonds is 5. The molecule has 5 N–H and O–H groups in total. The van der Waals surface area contributed by atoms with Crippen LogP contribution in [0.5, 0.6) is 0 Å². The number of hydrogen-bond acceptors (Lipinski definition) is 4. The van der Waals surface area contributed by atoms with E-state index < -0.39 is 6.04 Å². The largest absolute Gasteiger partial charge is 0.384 e. The Morgan fingerprint density at radius 3 is 2.47 bits per heavy atom. The monoisotopic (exact) mass is 210 g/mol. The van der Waals surface area contributed by atoms with Crippen molar-refractivity contribution in [1.82, 2.24) is 5.32 Å².